The zero-order valence-electron chi connectivity index (χ0n) is 19.0. The molecule has 4 rings (SSSR count). The molecule has 6 nitrogen and oxygen atoms in total. The highest BCUT2D eigenvalue weighted by molar-refractivity contribution is 6.30. The molecule has 0 saturated heterocycles. The number of carbonyl (C=O) groups excluding carboxylic acids is 1. The van der Waals surface area contributed by atoms with E-state index in [0.29, 0.717) is 35.1 Å². The SMILES string of the molecule is CN(C)CCN1C(=O)Cn2c(nc(-c3ccc(F)cc3)c2Nc2ccc(Cl)c(F)c2)C1(C)C. The molecule has 0 unspecified atom stereocenters. The van der Waals surface area contributed by atoms with Crippen LogP contribution in [0.25, 0.3) is 11.3 Å². The Balaban J connectivity index is 1.84. The summed E-state index contributed by atoms with van der Waals surface area (Å²) in [5, 5.41) is 3.23. The van der Waals surface area contributed by atoms with Crippen molar-refractivity contribution in [3.05, 3.63) is 64.9 Å². The maximum Gasteiger partial charge on any atom is 0.243 e. The predicted molar refractivity (Wildman–Crippen MR) is 126 cm³/mol. The number of carbonyl (C=O) groups is 1. The van der Waals surface area contributed by atoms with E-state index in [-0.39, 0.29) is 23.3 Å². The second-order valence-electron chi connectivity index (χ2n) is 8.89. The Labute approximate surface area is 196 Å². The third-order valence-corrected chi connectivity index (χ3v) is 6.16. The summed E-state index contributed by atoms with van der Waals surface area (Å²) < 4.78 is 29.5. The number of hydrogen-bond donors (Lipinski definition) is 1. The van der Waals surface area contributed by atoms with E-state index in [1.165, 1.54) is 24.3 Å². The van der Waals surface area contributed by atoms with Crippen molar-refractivity contribution in [3.8, 4) is 11.3 Å². The summed E-state index contributed by atoms with van der Waals surface area (Å²) in [6.45, 7) is 5.27. The van der Waals surface area contributed by atoms with E-state index < -0.39 is 11.4 Å². The summed E-state index contributed by atoms with van der Waals surface area (Å²) in [5.41, 5.74) is 1.00. The van der Waals surface area contributed by atoms with Gasteiger partial charge >= 0.3 is 0 Å². The van der Waals surface area contributed by atoms with Crippen LogP contribution in [0.3, 0.4) is 0 Å². The van der Waals surface area contributed by atoms with Crippen molar-refractivity contribution in [2.24, 2.45) is 0 Å². The topological polar surface area (TPSA) is 53.4 Å². The molecular formula is C24H26ClF2N5O. The lowest BCUT2D eigenvalue weighted by Crippen LogP contribution is -2.54. The molecule has 0 saturated carbocycles. The van der Waals surface area contributed by atoms with Gasteiger partial charge in [0.2, 0.25) is 5.91 Å². The largest absolute Gasteiger partial charge is 0.340 e. The van der Waals surface area contributed by atoms with Gasteiger partial charge in [0.1, 0.15) is 35.5 Å². The van der Waals surface area contributed by atoms with Crippen molar-refractivity contribution < 1.29 is 13.6 Å². The summed E-state index contributed by atoms with van der Waals surface area (Å²) in [5.74, 6) is 0.267. The van der Waals surface area contributed by atoms with Crippen LogP contribution in [0.2, 0.25) is 5.02 Å². The highest BCUT2D eigenvalue weighted by Crippen LogP contribution is 2.40. The Kier molecular flexibility index (Phi) is 6.16. The van der Waals surface area contributed by atoms with Gasteiger partial charge in [-0.25, -0.2) is 13.8 Å². The number of rotatable bonds is 6. The van der Waals surface area contributed by atoms with E-state index in [1.54, 1.807) is 18.2 Å². The number of likely N-dealkylation sites (N-methyl/N-ethyl adjacent to an activating group) is 1. The summed E-state index contributed by atoms with van der Waals surface area (Å²) in [4.78, 5) is 21.9. The number of hydrogen-bond acceptors (Lipinski definition) is 4. The van der Waals surface area contributed by atoms with Crippen molar-refractivity contribution >= 4 is 29.0 Å². The second-order valence-corrected chi connectivity index (χ2v) is 9.29. The lowest BCUT2D eigenvalue weighted by atomic mass is 9.98. The predicted octanol–water partition coefficient (Wildman–Crippen LogP) is 4.86. The number of aromatic nitrogens is 2. The molecule has 9 heteroatoms. The van der Waals surface area contributed by atoms with Gasteiger partial charge in [0, 0.05) is 24.3 Å². The van der Waals surface area contributed by atoms with Crippen LogP contribution in [0.1, 0.15) is 19.7 Å². The van der Waals surface area contributed by atoms with Gasteiger partial charge in [-0.05, 0) is 70.4 Å². The van der Waals surface area contributed by atoms with Crippen molar-refractivity contribution in [2.75, 3.05) is 32.5 Å². The molecule has 174 valence electrons. The molecule has 0 fully saturated rings. The number of fused-ring (bicyclic) bond motifs is 1. The first kappa shape index (κ1) is 23.2. The van der Waals surface area contributed by atoms with Crippen LogP contribution < -0.4 is 5.32 Å². The molecule has 0 bridgehead atoms. The normalized spacial score (nSPS) is 15.2. The van der Waals surface area contributed by atoms with Crippen LogP contribution in [-0.2, 0) is 16.9 Å². The molecule has 0 spiro atoms. The van der Waals surface area contributed by atoms with Gasteiger partial charge < -0.3 is 19.7 Å². The van der Waals surface area contributed by atoms with Crippen LogP contribution >= 0.6 is 11.6 Å². The highest BCUT2D eigenvalue weighted by Gasteiger charge is 2.42. The van der Waals surface area contributed by atoms with Crippen LogP contribution in [0.5, 0.6) is 0 Å². The third kappa shape index (κ3) is 4.45. The molecule has 1 N–H and O–H groups in total. The minimum absolute atomic E-state index is 0.0162. The van der Waals surface area contributed by atoms with E-state index in [4.69, 9.17) is 16.6 Å². The van der Waals surface area contributed by atoms with Gasteiger partial charge in [-0.15, -0.1) is 0 Å². The smallest absolute Gasteiger partial charge is 0.243 e. The van der Waals surface area contributed by atoms with E-state index in [9.17, 15) is 13.6 Å². The maximum atomic E-state index is 14.1. The van der Waals surface area contributed by atoms with Crippen LogP contribution in [0, 0.1) is 11.6 Å². The zero-order valence-corrected chi connectivity index (χ0v) is 19.7. The van der Waals surface area contributed by atoms with Gasteiger partial charge in [-0.1, -0.05) is 11.6 Å². The minimum atomic E-state index is -0.689. The maximum absolute atomic E-state index is 14.1. The number of nitrogens with zero attached hydrogens (tertiary/aromatic N) is 4. The monoisotopic (exact) mass is 473 g/mol. The third-order valence-electron chi connectivity index (χ3n) is 5.85. The number of amides is 1. The highest BCUT2D eigenvalue weighted by atomic mass is 35.5. The summed E-state index contributed by atoms with van der Waals surface area (Å²) in [6.07, 6.45) is 0. The molecule has 1 aliphatic rings. The first-order chi connectivity index (χ1) is 15.6. The molecule has 0 aliphatic carbocycles. The summed E-state index contributed by atoms with van der Waals surface area (Å²) in [7, 11) is 3.92. The van der Waals surface area contributed by atoms with Gasteiger partial charge in [0.05, 0.1) is 10.6 Å². The fraction of sp³-hybridized carbons (Fsp3) is 0.333. The van der Waals surface area contributed by atoms with Gasteiger partial charge in [-0.3, -0.25) is 4.79 Å². The van der Waals surface area contributed by atoms with Crippen molar-refractivity contribution in [2.45, 2.75) is 25.9 Å². The minimum Gasteiger partial charge on any atom is -0.340 e. The van der Waals surface area contributed by atoms with E-state index in [1.807, 2.05) is 42.3 Å². The quantitative estimate of drug-likeness (QED) is 0.555. The zero-order chi connectivity index (χ0) is 23.9. The van der Waals surface area contributed by atoms with Crippen LogP contribution in [-0.4, -0.2) is 52.4 Å². The first-order valence-corrected chi connectivity index (χ1v) is 11.0. The van der Waals surface area contributed by atoms with Crippen molar-refractivity contribution in [1.82, 2.24) is 19.4 Å². The second kappa shape index (κ2) is 8.76. The van der Waals surface area contributed by atoms with Gasteiger partial charge in [0.15, 0.2) is 0 Å². The lowest BCUT2D eigenvalue weighted by Gasteiger charge is -2.42. The average Bonchev–Trinajstić information content (AvgIpc) is 3.09. The Bertz CT molecular complexity index is 1190. The molecule has 1 aromatic heterocycles. The molecule has 1 amide bonds. The average molecular weight is 474 g/mol. The lowest BCUT2D eigenvalue weighted by molar-refractivity contribution is -0.140. The molecule has 1 aliphatic heterocycles. The Morgan fingerprint density at radius 1 is 1.15 bits per heavy atom. The molecule has 33 heavy (non-hydrogen) atoms. The van der Waals surface area contributed by atoms with Crippen LogP contribution in [0.4, 0.5) is 20.3 Å². The summed E-state index contributed by atoms with van der Waals surface area (Å²) in [6, 6.07) is 10.4. The molecule has 0 radical (unpaired) electrons. The Morgan fingerprint density at radius 2 is 1.85 bits per heavy atom. The molecule has 2 aromatic carbocycles. The number of nitrogens with one attached hydrogen (secondary N) is 1. The number of halogens is 3. The van der Waals surface area contributed by atoms with E-state index in [0.717, 1.165) is 6.54 Å². The molecule has 2 heterocycles. The molecule has 0 atom stereocenters. The fourth-order valence-corrected chi connectivity index (χ4v) is 4.20. The number of imidazole rings is 1. The van der Waals surface area contributed by atoms with Gasteiger partial charge in [-0.2, -0.15) is 0 Å². The Hall–Kier alpha value is -2.97. The first-order valence-electron chi connectivity index (χ1n) is 10.6. The number of anilines is 2. The Morgan fingerprint density at radius 3 is 2.48 bits per heavy atom. The number of benzene rings is 2. The molecule has 3 aromatic rings. The van der Waals surface area contributed by atoms with E-state index >= 15 is 0 Å². The standard InChI is InChI=1S/C24H26ClF2N5O/c1-24(2)23-29-21(15-5-7-16(26)8-6-15)22(28-17-9-10-18(25)19(27)13-17)31(23)14-20(33)32(24)12-11-30(3)4/h5-10,13,28H,11-12,14H2,1-4H3. The van der Waals surface area contributed by atoms with Crippen LogP contribution in [0.15, 0.2) is 42.5 Å². The summed E-state index contributed by atoms with van der Waals surface area (Å²) >= 11 is 5.83. The molecular weight excluding hydrogens is 448 g/mol. The fourth-order valence-electron chi connectivity index (χ4n) is 4.08. The van der Waals surface area contributed by atoms with E-state index in [2.05, 4.69) is 5.32 Å². The van der Waals surface area contributed by atoms with Crippen molar-refractivity contribution in [1.29, 1.82) is 0 Å². The van der Waals surface area contributed by atoms with Gasteiger partial charge in [0.25, 0.3) is 0 Å². The van der Waals surface area contributed by atoms with Crippen molar-refractivity contribution in [3.63, 3.8) is 0 Å².